The van der Waals surface area contributed by atoms with Crippen molar-refractivity contribution in [2.75, 3.05) is 39.2 Å². The van der Waals surface area contributed by atoms with Crippen molar-refractivity contribution in [3.05, 3.63) is 95.1 Å². The van der Waals surface area contributed by atoms with Crippen molar-refractivity contribution in [3.8, 4) is 5.75 Å². The predicted octanol–water partition coefficient (Wildman–Crippen LogP) is 5.88. The van der Waals surface area contributed by atoms with Crippen LogP contribution in [0.5, 0.6) is 5.75 Å². The van der Waals surface area contributed by atoms with Crippen LogP contribution in [0, 0.1) is 6.92 Å². The molecule has 0 aromatic heterocycles. The van der Waals surface area contributed by atoms with E-state index in [1.807, 2.05) is 55.5 Å². The number of anilines is 1. The highest BCUT2D eigenvalue weighted by atomic mass is 19.4. The maximum Gasteiger partial charge on any atom is 0.416 e. The Hall–Kier alpha value is -4.38. The quantitative estimate of drug-likeness (QED) is 0.350. The number of carbonyl (C=O) groups is 2. The number of nitrogens with zero attached hydrogens (tertiary/aromatic N) is 3. The zero-order valence-electron chi connectivity index (χ0n) is 22.9. The second-order valence-corrected chi connectivity index (χ2v) is 9.57. The van der Waals surface area contributed by atoms with Gasteiger partial charge in [0.1, 0.15) is 12.3 Å². The first kappa shape index (κ1) is 29.6. The number of hydrazone groups is 1. The highest BCUT2D eigenvalue weighted by molar-refractivity contribution is 6.03. The van der Waals surface area contributed by atoms with Crippen molar-refractivity contribution in [3.63, 3.8) is 0 Å². The van der Waals surface area contributed by atoms with Crippen molar-refractivity contribution >= 4 is 23.3 Å². The van der Waals surface area contributed by atoms with Crippen LogP contribution >= 0.6 is 0 Å². The summed E-state index contributed by atoms with van der Waals surface area (Å²) >= 11 is 0. The lowest BCUT2D eigenvalue weighted by molar-refractivity contribution is -0.137. The van der Waals surface area contributed by atoms with Crippen molar-refractivity contribution in [1.29, 1.82) is 0 Å². The van der Waals surface area contributed by atoms with E-state index >= 15 is 0 Å². The molecular weight excluding hydrogens is 537 g/mol. The average molecular weight is 569 g/mol. The molecule has 4 rings (SSSR count). The highest BCUT2D eigenvalue weighted by Crippen LogP contribution is 2.34. The summed E-state index contributed by atoms with van der Waals surface area (Å²) in [5, 5.41) is 8.63. The number of urea groups is 1. The number of ether oxygens (including phenoxy) is 2. The molecule has 216 valence electrons. The molecule has 0 saturated heterocycles. The van der Waals surface area contributed by atoms with E-state index in [-0.39, 0.29) is 25.4 Å². The smallest absolute Gasteiger partial charge is 0.416 e. The van der Waals surface area contributed by atoms with Gasteiger partial charge in [-0.15, -0.1) is 0 Å². The Kier molecular flexibility index (Phi) is 9.28. The molecule has 0 bridgehead atoms. The first-order valence-corrected chi connectivity index (χ1v) is 12.9. The van der Waals surface area contributed by atoms with Gasteiger partial charge in [-0.05, 0) is 48.9 Å². The maximum absolute atomic E-state index is 13.7. The minimum absolute atomic E-state index is 0.0736. The first-order valence-electron chi connectivity index (χ1n) is 12.9. The monoisotopic (exact) mass is 568 g/mol. The minimum atomic E-state index is -4.49. The van der Waals surface area contributed by atoms with Gasteiger partial charge in [-0.1, -0.05) is 42.0 Å². The maximum atomic E-state index is 13.7. The van der Waals surface area contributed by atoms with E-state index in [1.165, 1.54) is 17.0 Å². The summed E-state index contributed by atoms with van der Waals surface area (Å²) < 4.78 is 49.2. The number of aryl methyl sites for hydroxylation is 1. The summed E-state index contributed by atoms with van der Waals surface area (Å²) in [5.74, 6) is 0.236. The van der Waals surface area contributed by atoms with Gasteiger partial charge in [-0.25, -0.2) is 9.80 Å². The molecule has 3 aromatic carbocycles. The molecule has 0 fully saturated rings. The summed E-state index contributed by atoms with van der Waals surface area (Å²) in [5.41, 5.74) is 2.80. The van der Waals surface area contributed by atoms with Crippen LogP contribution in [0.4, 0.5) is 23.7 Å². The average Bonchev–Trinajstić information content (AvgIpc) is 3.41. The molecule has 0 spiro atoms. The fraction of sp³-hybridized carbons (Fsp3) is 0.300. The number of rotatable bonds is 9. The van der Waals surface area contributed by atoms with E-state index in [1.54, 1.807) is 7.11 Å². The zero-order chi connectivity index (χ0) is 29.6. The number of halogens is 3. The standard InChI is InChI=1S/C30H31F3N4O4/c1-20-7-9-21(10-8-20)27-18-26(22-5-4-6-25(17-22)41-3)35-37(27)28(38)19-36(15-16-40-2)29(39)34-24-13-11-23(12-14-24)30(31,32)33/h4-14,17,27H,15-16,18-19H2,1-3H3,(H,34,39). The summed E-state index contributed by atoms with van der Waals surface area (Å²) in [4.78, 5) is 28.0. The van der Waals surface area contributed by atoms with Crippen LogP contribution in [-0.2, 0) is 15.7 Å². The van der Waals surface area contributed by atoms with Gasteiger partial charge in [-0.3, -0.25) is 4.79 Å². The van der Waals surface area contributed by atoms with Crippen LogP contribution in [0.3, 0.4) is 0 Å². The van der Waals surface area contributed by atoms with Crippen molar-refractivity contribution in [1.82, 2.24) is 9.91 Å². The van der Waals surface area contributed by atoms with Crippen LogP contribution in [0.2, 0.25) is 0 Å². The molecule has 11 heteroatoms. The van der Waals surface area contributed by atoms with E-state index < -0.39 is 29.7 Å². The highest BCUT2D eigenvalue weighted by Gasteiger charge is 2.35. The van der Waals surface area contributed by atoms with Gasteiger partial charge in [0, 0.05) is 31.3 Å². The second kappa shape index (κ2) is 12.9. The lowest BCUT2D eigenvalue weighted by Crippen LogP contribution is -2.44. The summed E-state index contributed by atoms with van der Waals surface area (Å²) in [6, 6.07) is 18.3. The van der Waals surface area contributed by atoms with Gasteiger partial charge in [0.2, 0.25) is 0 Å². The summed E-state index contributed by atoms with van der Waals surface area (Å²) in [7, 11) is 3.04. The van der Waals surface area contributed by atoms with Crippen LogP contribution in [0.15, 0.2) is 77.9 Å². The molecule has 1 aliphatic rings. The van der Waals surface area contributed by atoms with Gasteiger partial charge < -0.3 is 19.7 Å². The molecule has 0 radical (unpaired) electrons. The molecule has 1 aliphatic heterocycles. The van der Waals surface area contributed by atoms with Gasteiger partial charge >= 0.3 is 12.2 Å². The molecule has 3 aromatic rings. The van der Waals surface area contributed by atoms with Gasteiger partial charge in [0.05, 0.1) is 31.0 Å². The van der Waals surface area contributed by atoms with E-state index in [2.05, 4.69) is 10.4 Å². The third kappa shape index (κ3) is 7.43. The summed E-state index contributed by atoms with van der Waals surface area (Å²) in [6.07, 6.45) is -4.04. The van der Waals surface area contributed by atoms with Gasteiger partial charge in [0.15, 0.2) is 0 Å². The Bertz CT molecular complexity index is 1390. The normalized spacial score (nSPS) is 14.9. The zero-order valence-corrected chi connectivity index (χ0v) is 22.9. The fourth-order valence-corrected chi connectivity index (χ4v) is 4.40. The number of hydrogen-bond acceptors (Lipinski definition) is 5. The van der Waals surface area contributed by atoms with E-state index in [9.17, 15) is 22.8 Å². The SMILES string of the molecule is COCCN(CC(=O)N1N=C(c2cccc(OC)c2)CC1c1ccc(C)cc1)C(=O)Nc1ccc(C(F)(F)F)cc1. The third-order valence-electron chi connectivity index (χ3n) is 6.67. The molecule has 3 amide bonds. The van der Waals surface area contributed by atoms with Crippen molar-refractivity contribution in [2.24, 2.45) is 5.10 Å². The number of amides is 3. The Labute approximate surface area is 236 Å². The second-order valence-electron chi connectivity index (χ2n) is 9.57. The molecule has 0 aliphatic carbocycles. The number of hydrogen-bond donors (Lipinski definition) is 1. The summed E-state index contributed by atoms with van der Waals surface area (Å²) in [6.45, 7) is 1.87. The number of benzene rings is 3. The van der Waals surface area contributed by atoms with Gasteiger partial charge in [-0.2, -0.15) is 18.3 Å². The number of carbonyl (C=O) groups excluding carboxylic acids is 2. The van der Waals surface area contributed by atoms with Crippen LogP contribution in [0.1, 0.15) is 34.7 Å². The molecule has 1 N–H and O–H groups in total. The lowest BCUT2D eigenvalue weighted by Gasteiger charge is -2.27. The van der Waals surface area contributed by atoms with E-state index in [0.717, 1.165) is 41.0 Å². The molecule has 41 heavy (non-hydrogen) atoms. The molecule has 1 unspecified atom stereocenters. The topological polar surface area (TPSA) is 83.5 Å². The number of nitrogens with one attached hydrogen (secondary N) is 1. The third-order valence-corrected chi connectivity index (χ3v) is 6.67. The van der Waals surface area contributed by atoms with E-state index in [4.69, 9.17) is 9.47 Å². The molecule has 8 nitrogen and oxygen atoms in total. The van der Waals surface area contributed by atoms with Crippen molar-refractivity contribution < 1.29 is 32.2 Å². The molecule has 1 atom stereocenters. The number of methoxy groups -OCH3 is 2. The van der Waals surface area contributed by atoms with Crippen LogP contribution in [-0.4, -0.2) is 61.5 Å². The molecule has 1 heterocycles. The largest absolute Gasteiger partial charge is 0.497 e. The first-order chi connectivity index (χ1) is 19.6. The molecule has 0 saturated carbocycles. The van der Waals surface area contributed by atoms with Crippen LogP contribution < -0.4 is 10.1 Å². The Morgan fingerprint density at radius 2 is 1.76 bits per heavy atom. The predicted molar refractivity (Wildman–Crippen MR) is 149 cm³/mol. The van der Waals surface area contributed by atoms with E-state index in [0.29, 0.717) is 17.9 Å². The van der Waals surface area contributed by atoms with Crippen molar-refractivity contribution in [2.45, 2.75) is 25.6 Å². The van der Waals surface area contributed by atoms with Crippen LogP contribution in [0.25, 0.3) is 0 Å². The Morgan fingerprint density at radius 1 is 1.05 bits per heavy atom. The Morgan fingerprint density at radius 3 is 2.39 bits per heavy atom. The molecular formula is C30H31F3N4O4. The minimum Gasteiger partial charge on any atom is -0.497 e. The Balaban J connectivity index is 1.57. The fourth-order valence-electron chi connectivity index (χ4n) is 4.40. The van der Waals surface area contributed by atoms with Gasteiger partial charge in [0.25, 0.3) is 5.91 Å². The lowest BCUT2D eigenvalue weighted by atomic mass is 9.97. The number of alkyl halides is 3.